The lowest BCUT2D eigenvalue weighted by Crippen LogP contribution is -2.27. The largest absolute Gasteiger partial charge is 0.302 e. The summed E-state index contributed by atoms with van der Waals surface area (Å²) in [5.74, 6) is 1.13. The van der Waals surface area contributed by atoms with Gasteiger partial charge in [-0.05, 0) is 24.7 Å². The molecule has 0 saturated heterocycles. The van der Waals surface area contributed by atoms with Gasteiger partial charge in [0.2, 0.25) is 0 Å². The van der Waals surface area contributed by atoms with Gasteiger partial charge in [-0.2, -0.15) is 0 Å². The summed E-state index contributed by atoms with van der Waals surface area (Å²) in [6, 6.07) is 0. The molecule has 2 heteroatoms. The van der Waals surface area contributed by atoms with Crippen molar-refractivity contribution in [2.24, 2.45) is 11.8 Å². The van der Waals surface area contributed by atoms with E-state index in [1.807, 2.05) is 0 Å². The number of halogens is 1. The molecule has 2 aliphatic carbocycles. The van der Waals surface area contributed by atoms with Crippen molar-refractivity contribution in [2.45, 2.75) is 17.2 Å². The van der Waals surface area contributed by atoms with Crippen LogP contribution in [0.3, 0.4) is 0 Å². The third kappa shape index (κ3) is 0.715. The smallest absolute Gasteiger partial charge is 0.137 e. The van der Waals surface area contributed by atoms with Crippen LogP contribution in [0.15, 0.2) is 12.2 Å². The highest BCUT2D eigenvalue weighted by Gasteiger charge is 2.46. The quantitative estimate of drug-likeness (QED) is 0.360. The molecule has 2 aliphatic rings. The number of rotatable bonds is 1. The monoisotopic (exact) mass is 200 g/mol. The van der Waals surface area contributed by atoms with Crippen molar-refractivity contribution in [1.82, 2.24) is 0 Å². The van der Waals surface area contributed by atoms with Crippen molar-refractivity contribution in [2.75, 3.05) is 0 Å². The zero-order valence-corrected chi connectivity index (χ0v) is 7.17. The number of hydrogen-bond acceptors (Lipinski definition) is 1. The van der Waals surface area contributed by atoms with Gasteiger partial charge in [0.1, 0.15) is 6.29 Å². The zero-order chi connectivity index (χ0) is 7.19. The first-order chi connectivity index (χ1) is 4.74. The average molecular weight is 201 g/mol. The summed E-state index contributed by atoms with van der Waals surface area (Å²) in [5, 5.41) is 0. The standard InChI is InChI=1S/C8H9BrO/c9-8(5-10)4-6-1-2-7(8)3-6/h1-2,5-7H,3-4H2/t6-,7+,8+/m1/s1. The number of carbonyl (C=O) groups is 1. The van der Waals surface area contributed by atoms with Crippen LogP contribution in [0.1, 0.15) is 12.8 Å². The van der Waals surface area contributed by atoms with E-state index in [0.29, 0.717) is 11.8 Å². The van der Waals surface area contributed by atoms with Crippen LogP contribution in [0.2, 0.25) is 0 Å². The maximum Gasteiger partial charge on any atom is 0.137 e. The molecule has 2 rings (SSSR count). The van der Waals surface area contributed by atoms with Crippen molar-refractivity contribution in [3.05, 3.63) is 12.2 Å². The second kappa shape index (κ2) is 1.94. The van der Waals surface area contributed by atoms with Gasteiger partial charge in [0.05, 0.1) is 4.32 Å². The van der Waals surface area contributed by atoms with Gasteiger partial charge in [-0.25, -0.2) is 0 Å². The molecule has 54 valence electrons. The van der Waals surface area contributed by atoms with Crippen LogP contribution in [0, 0.1) is 11.8 Å². The van der Waals surface area contributed by atoms with Crippen molar-refractivity contribution in [3.63, 3.8) is 0 Å². The maximum atomic E-state index is 10.6. The molecule has 0 radical (unpaired) electrons. The molecule has 1 nitrogen and oxygen atoms in total. The fraction of sp³-hybridized carbons (Fsp3) is 0.625. The lowest BCUT2D eigenvalue weighted by molar-refractivity contribution is -0.110. The van der Waals surface area contributed by atoms with Gasteiger partial charge >= 0.3 is 0 Å². The Morgan fingerprint density at radius 2 is 2.40 bits per heavy atom. The molecule has 2 bridgehead atoms. The topological polar surface area (TPSA) is 17.1 Å². The van der Waals surface area contributed by atoms with Gasteiger partial charge in [0.25, 0.3) is 0 Å². The van der Waals surface area contributed by atoms with Crippen LogP contribution in [0.5, 0.6) is 0 Å². The number of fused-ring (bicyclic) bond motifs is 2. The lowest BCUT2D eigenvalue weighted by Gasteiger charge is -2.21. The first kappa shape index (κ1) is 6.59. The van der Waals surface area contributed by atoms with Crippen LogP contribution >= 0.6 is 15.9 Å². The molecule has 10 heavy (non-hydrogen) atoms. The molecule has 0 aromatic rings. The maximum absolute atomic E-state index is 10.6. The first-order valence-electron chi connectivity index (χ1n) is 3.58. The van der Waals surface area contributed by atoms with E-state index in [1.54, 1.807) is 0 Å². The van der Waals surface area contributed by atoms with E-state index in [-0.39, 0.29) is 4.32 Å². The average Bonchev–Trinajstić information content (AvgIpc) is 2.46. The third-order valence-corrected chi connectivity index (χ3v) is 3.66. The Kier molecular flexibility index (Phi) is 1.28. The molecule has 1 saturated carbocycles. The molecule has 3 atom stereocenters. The van der Waals surface area contributed by atoms with Gasteiger partial charge in [0, 0.05) is 0 Å². The van der Waals surface area contributed by atoms with E-state index in [4.69, 9.17) is 0 Å². The molecule has 1 fully saturated rings. The second-order valence-corrected chi connectivity index (χ2v) is 4.71. The summed E-state index contributed by atoms with van der Waals surface area (Å²) < 4.78 is -0.202. The highest BCUT2D eigenvalue weighted by Crippen LogP contribution is 2.49. The minimum absolute atomic E-state index is 0.202. The van der Waals surface area contributed by atoms with Crippen molar-refractivity contribution in [3.8, 4) is 0 Å². The number of alkyl halides is 1. The van der Waals surface area contributed by atoms with Crippen LogP contribution in [0.25, 0.3) is 0 Å². The molecule has 0 aromatic carbocycles. The molecule has 0 aromatic heterocycles. The Labute approximate surface area is 68.6 Å². The summed E-state index contributed by atoms with van der Waals surface area (Å²) in [7, 11) is 0. The van der Waals surface area contributed by atoms with Gasteiger partial charge in [0.15, 0.2) is 0 Å². The Morgan fingerprint density at radius 3 is 2.70 bits per heavy atom. The zero-order valence-electron chi connectivity index (χ0n) is 5.59. The Bertz CT molecular complexity index is 199. The van der Waals surface area contributed by atoms with Gasteiger partial charge in [-0.1, -0.05) is 28.1 Å². The van der Waals surface area contributed by atoms with E-state index in [9.17, 15) is 4.79 Å². The SMILES string of the molecule is O=C[C@@]1(Br)C[C@@H]2C=C[C@H]1C2. The number of aldehydes is 1. The van der Waals surface area contributed by atoms with Crippen LogP contribution in [0.4, 0.5) is 0 Å². The number of allylic oxidation sites excluding steroid dienone is 2. The predicted molar refractivity (Wildman–Crippen MR) is 43.1 cm³/mol. The van der Waals surface area contributed by atoms with Gasteiger partial charge < -0.3 is 4.79 Å². The summed E-state index contributed by atoms with van der Waals surface area (Å²) in [5.41, 5.74) is 0. The number of hydrogen-bond donors (Lipinski definition) is 0. The van der Waals surface area contributed by atoms with E-state index in [1.165, 1.54) is 6.42 Å². The predicted octanol–water partition coefficient (Wildman–Crippen LogP) is 1.92. The molecular formula is C8H9BrO. The highest BCUT2D eigenvalue weighted by atomic mass is 79.9. The normalized spacial score (nSPS) is 50.1. The first-order valence-corrected chi connectivity index (χ1v) is 4.37. The Morgan fingerprint density at radius 1 is 1.60 bits per heavy atom. The van der Waals surface area contributed by atoms with E-state index >= 15 is 0 Å². The lowest BCUT2D eigenvalue weighted by atomic mass is 9.95. The molecule has 0 heterocycles. The van der Waals surface area contributed by atoms with Crippen molar-refractivity contribution < 1.29 is 4.79 Å². The fourth-order valence-electron chi connectivity index (χ4n) is 1.97. The summed E-state index contributed by atoms with van der Waals surface area (Å²) >= 11 is 3.48. The Hall–Kier alpha value is -0.110. The van der Waals surface area contributed by atoms with Gasteiger partial charge in [-0.3, -0.25) is 0 Å². The van der Waals surface area contributed by atoms with Gasteiger partial charge in [-0.15, -0.1) is 0 Å². The molecule has 0 unspecified atom stereocenters. The minimum atomic E-state index is -0.202. The summed E-state index contributed by atoms with van der Waals surface area (Å²) in [6.07, 6.45) is 7.62. The molecule has 0 spiro atoms. The van der Waals surface area contributed by atoms with Crippen LogP contribution < -0.4 is 0 Å². The van der Waals surface area contributed by atoms with Crippen molar-refractivity contribution >= 4 is 22.2 Å². The van der Waals surface area contributed by atoms with E-state index in [0.717, 1.165) is 12.7 Å². The number of carbonyl (C=O) groups excluding carboxylic acids is 1. The fourth-order valence-corrected chi connectivity index (χ4v) is 2.73. The van der Waals surface area contributed by atoms with Crippen molar-refractivity contribution in [1.29, 1.82) is 0 Å². The summed E-state index contributed by atoms with van der Waals surface area (Å²) in [6.45, 7) is 0. The molecule has 0 amide bonds. The summed E-state index contributed by atoms with van der Waals surface area (Å²) in [4.78, 5) is 10.6. The van der Waals surface area contributed by atoms with Crippen LogP contribution in [-0.4, -0.2) is 10.6 Å². The van der Waals surface area contributed by atoms with E-state index < -0.39 is 0 Å². The molecule has 0 aliphatic heterocycles. The third-order valence-electron chi connectivity index (χ3n) is 2.56. The van der Waals surface area contributed by atoms with E-state index in [2.05, 4.69) is 28.1 Å². The molecular weight excluding hydrogens is 192 g/mol. The molecule has 0 N–H and O–H groups in total. The minimum Gasteiger partial charge on any atom is -0.302 e. The highest BCUT2D eigenvalue weighted by molar-refractivity contribution is 9.10. The Balaban J connectivity index is 2.30. The van der Waals surface area contributed by atoms with Crippen LogP contribution in [-0.2, 0) is 4.79 Å². The second-order valence-electron chi connectivity index (χ2n) is 3.24.